The molecule has 0 atom stereocenters. The second-order valence-corrected chi connectivity index (χ2v) is 4.78. The van der Waals surface area contributed by atoms with Crippen molar-refractivity contribution in [1.29, 1.82) is 0 Å². The van der Waals surface area contributed by atoms with Crippen molar-refractivity contribution < 1.29 is 4.42 Å². The van der Waals surface area contributed by atoms with Crippen molar-refractivity contribution in [1.82, 2.24) is 0 Å². The SMILES string of the molecule is Cc1ccc(NCc2occc2C)cc1N(C)C. The van der Waals surface area contributed by atoms with E-state index in [2.05, 4.69) is 56.4 Å². The highest BCUT2D eigenvalue weighted by Gasteiger charge is 2.04. The minimum atomic E-state index is 0.717. The third-order valence-electron chi connectivity index (χ3n) is 3.11. The van der Waals surface area contributed by atoms with E-state index in [4.69, 9.17) is 4.42 Å². The molecule has 2 aromatic rings. The first-order valence-electron chi connectivity index (χ1n) is 6.13. The summed E-state index contributed by atoms with van der Waals surface area (Å²) in [5.74, 6) is 0.988. The van der Waals surface area contributed by atoms with Crippen molar-refractivity contribution in [3.8, 4) is 0 Å². The summed E-state index contributed by atoms with van der Waals surface area (Å²) >= 11 is 0. The molecule has 0 radical (unpaired) electrons. The van der Waals surface area contributed by atoms with Crippen molar-refractivity contribution in [3.63, 3.8) is 0 Å². The Morgan fingerprint density at radius 1 is 1.11 bits per heavy atom. The number of hydrogen-bond acceptors (Lipinski definition) is 3. The lowest BCUT2D eigenvalue weighted by Crippen LogP contribution is -2.11. The van der Waals surface area contributed by atoms with Crippen LogP contribution in [0.2, 0.25) is 0 Å². The second kappa shape index (κ2) is 5.17. The molecule has 0 fully saturated rings. The summed E-state index contributed by atoms with van der Waals surface area (Å²) in [5.41, 5.74) is 4.80. The molecule has 2 rings (SSSR count). The molecule has 0 unspecified atom stereocenters. The lowest BCUT2D eigenvalue weighted by atomic mass is 10.1. The summed E-state index contributed by atoms with van der Waals surface area (Å²) in [6.07, 6.45) is 1.73. The number of rotatable bonds is 4. The molecular formula is C15H20N2O. The van der Waals surface area contributed by atoms with Gasteiger partial charge in [0.2, 0.25) is 0 Å². The van der Waals surface area contributed by atoms with Gasteiger partial charge < -0.3 is 14.6 Å². The fraction of sp³-hybridized carbons (Fsp3) is 0.333. The van der Waals surface area contributed by atoms with Crippen LogP contribution in [-0.2, 0) is 6.54 Å². The molecule has 96 valence electrons. The number of anilines is 2. The lowest BCUT2D eigenvalue weighted by Gasteiger charge is -2.17. The van der Waals surface area contributed by atoms with Crippen LogP contribution in [0.1, 0.15) is 16.9 Å². The Morgan fingerprint density at radius 2 is 1.89 bits per heavy atom. The Balaban J connectivity index is 2.10. The Labute approximate surface area is 108 Å². The zero-order valence-electron chi connectivity index (χ0n) is 11.4. The van der Waals surface area contributed by atoms with Crippen molar-refractivity contribution in [2.45, 2.75) is 20.4 Å². The highest BCUT2D eigenvalue weighted by atomic mass is 16.3. The maximum absolute atomic E-state index is 5.41. The quantitative estimate of drug-likeness (QED) is 0.891. The molecular weight excluding hydrogens is 224 g/mol. The van der Waals surface area contributed by atoms with Gasteiger partial charge in [0.25, 0.3) is 0 Å². The van der Waals surface area contributed by atoms with Gasteiger partial charge in [-0.3, -0.25) is 0 Å². The number of benzene rings is 1. The summed E-state index contributed by atoms with van der Waals surface area (Å²) < 4.78 is 5.41. The zero-order chi connectivity index (χ0) is 13.1. The molecule has 0 saturated heterocycles. The van der Waals surface area contributed by atoms with Crippen LogP contribution in [0.15, 0.2) is 34.9 Å². The van der Waals surface area contributed by atoms with Crippen molar-refractivity contribution in [3.05, 3.63) is 47.4 Å². The molecule has 0 aliphatic heterocycles. The van der Waals surface area contributed by atoms with E-state index >= 15 is 0 Å². The summed E-state index contributed by atoms with van der Waals surface area (Å²) in [5, 5.41) is 3.39. The smallest absolute Gasteiger partial charge is 0.125 e. The highest BCUT2D eigenvalue weighted by Crippen LogP contribution is 2.23. The van der Waals surface area contributed by atoms with E-state index in [0.29, 0.717) is 0 Å². The van der Waals surface area contributed by atoms with Gasteiger partial charge in [0.15, 0.2) is 0 Å². The molecule has 1 heterocycles. The molecule has 1 aromatic carbocycles. The monoisotopic (exact) mass is 244 g/mol. The van der Waals surface area contributed by atoms with Gasteiger partial charge in [-0.2, -0.15) is 0 Å². The highest BCUT2D eigenvalue weighted by molar-refractivity contribution is 5.61. The average Bonchev–Trinajstić information content (AvgIpc) is 2.73. The summed E-state index contributed by atoms with van der Waals surface area (Å²) in [6.45, 7) is 4.89. The van der Waals surface area contributed by atoms with E-state index < -0.39 is 0 Å². The first-order valence-corrected chi connectivity index (χ1v) is 6.13. The molecule has 3 nitrogen and oxygen atoms in total. The first kappa shape index (κ1) is 12.6. The third kappa shape index (κ3) is 2.67. The van der Waals surface area contributed by atoms with Crippen LogP contribution in [0, 0.1) is 13.8 Å². The van der Waals surface area contributed by atoms with Crippen LogP contribution in [0.5, 0.6) is 0 Å². The van der Waals surface area contributed by atoms with E-state index in [1.165, 1.54) is 16.8 Å². The van der Waals surface area contributed by atoms with Gasteiger partial charge in [0, 0.05) is 25.5 Å². The normalized spacial score (nSPS) is 10.4. The molecule has 0 spiro atoms. The molecule has 3 heteroatoms. The maximum Gasteiger partial charge on any atom is 0.125 e. The molecule has 0 aliphatic rings. The fourth-order valence-corrected chi connectivity index (χ4v) is 1.97. The predicted molar refractivity (Wildman–Crippen MR) is 76.3 cm³/mol. The Hall–Kier alpha value is -1.90. The summed E-state index contributed by atoms with van der Waals surface area (Å²) in [6, 6.07) is 8.37. The fourth-order valence-electron chi connectivity index (χ4n) is 1.97. The first-order chi connectivity index (χ1) is 8.58. The van der Waals surface area contributed by atoms with E-state index in [9.17, 15) is 0 Å². The molecule has 1 aromatic heterocycles. The van der Waals surface area contributed by atoms with Gasteiger partial charge in [-0.1, -0.05) is 6.07 Å². The van der Waals surface area contributed by atoms with Gasteiger partial charge in [-0.05, 0) is 43.2 Å². The van der Waals surface area contributed by atoms with Crippen LogP contribution in [0.3, 0.4) is 0 Å². The minimum Gasteiger partial charge on any atom is -0.467 e. The summed E-state index contributed by atoms with van der Waals surface area (Å²) in [4.78, 5) is 2.12. The standard InChI is InChI=1S/C15H20N2O/c1-11-5-6-13(9-14(11)17(3)4)16-10-15-12(2)7-8-18-15/h5-9,16H,10H2,1-4H3. The number of aryl methyl sites for hydroxylation is 2. The van der Waals surface area contributed by atoms with E-state index in [1.807, 2.05) is 6.07 Å². The van der Waals surface area contributed by atoms with Crippen molar-refractivity contribution in [2.75, 3.05) is 24.3 Å². The summed E-state index contributed by atoms with van der Waals surface area (Å²) in [7, 11) is 4.12. The molecule has 0 bridgehead atoms. The Bertz CT molecular complexity index is 529. The molecule has 0 saturated carbocycles. The molecule has 0 aliphatic carbocycles. The van der Waals surface area contributed by atoms with Crippen LogP contribution in [-0.4, -0.2) is 14.1 Å². The van der Waals surface area contributed by atoms with Crippen LogP contribution >= 0.6 is 0 Å². The number of furan rings is 1. The number of hydrogen-bond donors (Lipinski definition) is 1. The average molecular weight is 244 g/mol. The minimum absolute atomic E-state index is 0.717. The molecule has 0 amide bonds. The van der Waals surface area contributed by atoms with E-state index in [0.717, 1.165) is 18.0 Å². The second-order valence-electron chi connectivity index (χ2n) is 4.78. The van der Waals surface area contributed by atoms with Gasteiger partial charge >= 0.3 is 0 Å². The number of nitrogens with one attached hydrogen (secondary N) is 1. The van der Waals surface area contributed by atoms with Crippen LogP contribution < -0.4 is 10.2 Å². The van der Waals surface area contributed by atoms with E-state index in [1.54, 1.807) is 6.26 Å². The zero-order valence-corrected chi connectivity index (χ0v) is 11.4. The van der Waals surface area contributed by atoms with Gasteiger partial charge in [-0.25, -0.2) is 0 Å². The Kier molecular flexibility index (Phi) is 3.60. The maximum atomic E-state index is 5.41. The number of nitrogens with zero attached hydrogens (tertiary/aromatic N) is 1. The third-order valence-corrected chi connectivity index (χ3v) is 3.11. The van der Waals surface area contributed by atoms with Crippen LogP contribution in [0.4, 0.5) is 11.4 Å². The Morgan fingerprint density at radius 3 is 2.50 bits per heavy atom. The van der Waals surface area contributed by atoms with Gasteiger partial charge in [0.05, 0.1) is 12.8 Å². The van der Waals surface area contributed by atoms with Gasteiger partial charge in [0.1, 0.15) is 5.76 Å². The molecule has 18 heavy (non-hydrogen) atoms. The lowest BCUT2D eigenvalue weighted by molar-refractivity contribution is 0.515. The van der Waals surface area contributed by atoms with E-state index in [-0.39, 0.29) is 0 Å². The largest absolute Gasteiger partial charge is 0.467 e. The van der Waals surface area contributed by atoms with Crippen molar-refractivity contribution in [2.24, 2.45) is 0 Å². The van der Waals surface area contributed by atoms with Crippen molar-refractivity contribution >= 4 is 11.4 Å². The van der Waals surface area contributed by atoms with Crippen LogP contribution in [0.25, 0.3) is 0 Å². The topological polar surface area (TPSA) is 28.4 Å². The predicted octanol–water partition coefficient (Wildman–Crippen LogP) is 3.57. The van der Waals surface area contributed by atoms with Gasteiger partial charge in [-0.15, -0.1) is 0 Å². The molecule has 1 N–H and O–H groups in total.